The van der Waals surface area contributed by atoms with Crippen LogP contribution in [0.5, 0.6) is 0 Å². The van der Waals surface area contributed by atoms with E-state index in [1.165, 1.54) is 17.8 Å². The highest BCUT2D eigenvalue weighted by molar-refractivity contribution is 7.14. The van der Waals surface area contributed by atoms with Gasteiger partial charge in [0.2, 0.25) is 0 Å². The Kier molecular flexibility index (Phi) is 3.10. The SMILES string of the molecule is O=C(Nc1nc(C(=O)O)cs1)c1ccncc1. The standard InChI is InChI=1S/C10H7N3O3S/c14-8(6-1-3-11-4-2-6)13-10-12-7(5-17-10)9(15)16/h1-5H,(H,15,16)(H,12,13,14). The zero-order valence-corrected chi connectivity index (χ0v) is 9.27. The van der Waals surface area contributed by atoms with E-state index >= 15 is 0 Å². The molecule has 0 unspecified atom stereocenters. The quantitative estimate of drug-likeness (QED) is 0.859. The summed E-state index contributed by atoms with van der Waals surface area (Å²) < 4.78 is 0. The number of nitrogens with one attached hydrogen (secondary N) is 1. The molecule has 0 atom stereocenters. The van der Waals surface area contributed by atoms with E-state index in [-0.39, 0.29) is 16.7 Å². The van der Waals surface area contributed by atoms with Gasteiger partial charge in [-0.05, 0) is 12.1 Å². The summed E-state index contributed by atoms with van der Waals surface area (Å²) >= 11 is 1.06. The summed E-state index contributed by atoms with van der Waals surface area (Å²) in [4.78, 5) is 29.8. The van der Waals surface area contributed by atoms with Crippen LogP contribution in [-0.4, -0.2) is 27.0 Å². The molecule has 0 aliphatic rings. The highest BCUT2D eigenvalue weighted by atomic mass is 32.1. The second-order valence-electron chi connectivity index (χ2n) is 3.03. The van der Waals surface area contributed by atoms with E-state index in [9.17, 15) is 9.59 Å². The minimum Gasteiger partial charge on any atom is -0.476 e. The number of amides is 1. The van der Waals surface area contributed by atoms with E-state index in [0.717, 1.165) is 11.3 Å². The van der Waals surface area contributed by atoms with Crippen LogP contribution in [0.4, 0.5) is 5.13 Å². The van der Waals surface area contributed by atoms with Gasteiger partial charge in [-0.15, -0.1) is 11.3 Å². The van der Waals surface area contributed by atoms with E-state index in [0.29, 0.717) is 5.56 Å². The first-order chi connectivity index (χ1) is 8.16. The summed E-state index contributed by atoms with van der Waals surface area (Å²) in [6, 6.07) is 3.11. The van der Waals surface area contributed by atoms with Gasteiger partial charge < -0.3 is 5.11 Å². The predicted molar refractivity (Wildman–Crippen MR) is 61.3 cm³/mol. The summed E-state index contributed by atoms with van der Waals surface area (Å²) in [5, 5.41) is 12.8. The van der Waals surface area contributed by atoms with Crippen LogP contribution in [0, 0.1) is 0 Å². The fourth-order valence-electron chi connectivity index (χ4n) is 1.10. The fraction of sp³-hybridized carbons (Fsp3) is 0. The molecule has 0 bridgehead atoms. The summed E-state index contributed by atoms with van der Waals surface area (Å²) in [6.07, 6.45) is 3.00. The van der Waals surface area contributed by atoms with Gasteiger partial charge in [0, 0.05) is 23.3 Å². The Balaban J connectivity index is 2.11. The molecule has 0 fully saturated rings. The average Bonchev–Trinajstić information content (AvgIpc) is 2.79. The Morgan fingerprint density at radius 2 is 2.00 bits per heavy atom. The molecule has 2 rings (SSSR count). The number of aromatic carboxylic acids is 1. The van der Waals surface area contributed by atoms with Crippen molar-refractivity contribution < 1.29 is 14.7 Å². The van der Waals surface area contributed by atoms with Crippen molar-refractivity contribution in [3.05, 3.63) is 41.2 Å². The van der Waals surface area contributed by atoms with Crippen LogP contribution >= 0.6 is 11.3 Å². The molecule has 6 nitrogen and oxygen atoms in total. The number of nitrogens with zero attached hydrogens (tertiary/aromatic N) is 2. The molecule has 0 saturated heterocycles. The number of hydrogen-bond acceptors (Lipinski definition) is 5. The Bertz CT molecular complexity index is 553. The van der Waals surface area contributed by atoms with E-state index in [1.807, 2.05) is 0 Å². The van der Waals surface area contributed by atoms with Crippen molar-refractivity contribution in [3.63, 3.8) is 0 Å². The first-order valence-corrected chi connectivity index (χ1v) is 5.45. The van der Waals surface area contributed by atoms with Crippen molar-refractivity contribution in [2.75, 3.05) is 5.32 Å². The van der Waals surface area contributed by atoms with Crippen LogP contribution in [0.15, 0.2) is 29.9 Å². The summed E-state index contributed by atoms with van der Waals surface area (Å²) in [5.74, 6) is -1.47. The number of carbonyl (C=O) groups is 2. The Labute approximate surface area is 100.0 Å². The zero-order chi connectivity index (χ0) is 12.3. The molecule has 7 heteroatoms. The monoisotopic (exact) mass is 249 g/mol. The Morgan fingerprint density at radius 1 is 1.29 bits per heavy atom. The van der Waals surface area contributed by atoms with Crippen molar-refractivity contribution >= 4 is 28.3 Å². The average molecular weight is 249 g/mol. The number of carboxylic acid groups (broad SMARTS) is 1. The van der Waals surface area contributed by atoms with Gasteiger partial charge >= 0.3 is 5.97 Å². The van der Waals surface area contributed by atoms with Crippen LogP contribution in [0.25, 0.3) is 0 Å². The largest absolute Gasteiger partial charge is 0.476 e. The van der Waals surface area contributed by atoms with Gasteiger partial charge in [0.1, 0.15) is 0 Å². The number of rotatable bonds is 3. The fourth-order valence-corrected chi connectivity index (χ4v) is 1.78. The highest BCUT2D eigenvalue weighted by Crippen LogP contribution is 2.16. The number of thiazole rings is 1. The van der Waals surface area contributed by atoms with E-state index < -0.39 is 5.97 Å². The third kappa shape index (κ3) is 2.64. The van der Waals surface area contributed by atoms with Gasteiger partial charge in [-0.1, -0.05) is 0 Å². The Morgan fingerprint density at radius 3 is 2.59 bits per heavy atom. The number of hydrogen-bond donors (Lipinski definition) is 2. The molecule has 0 radical (unpaired) electrons. The molecule has 2 aromatic heterocycles. The molecule has 0 saturated carbocycles. The lowest BCUT2D eigenvalue weighted by Crippen LogP contribution is -2.11. The molecule has 2 heterocycles. The molecular weight excluding hydrogens is 242 g/mol. The maximum Gasteiger partial charge on any atom is 0.355 e. The van der Waals surface area contributed by atoms with Gasteiger partial charge in [-0.2, -0.15) is 0 Å². The van der Waals surface area contributed by atoms with Gasteiger partial charge in [0.05, 0.1) is 0 Å². The third-order valence-corrected chi connectivity index (χ3v) is 2.64. The lowest BCUT2D eigenvalue weighted by Gasteiger charge is -1.99. The maximum atomic E-state index is 11.7. The molecular formula is C10H7N3O3S. The van der Waals surface area contributed by atoms with Crippen LogP contribution in [0.1, 0.15) is 20.8 Å². The molecule has 0 spiro atoms. The first-order valence-electron chi connectivity index (χ1n) is 4.57. The van der Waals surface area contributed by atoms with Crippen LogP contribution in [0.3, 0.4) is 0 Å². The van der Waals surface area contributed by atoms with Gasteiger partial charge in [-0.25, -0.2) is 9.78 Å². The summed E-state index contributed by atoms with van der Waals surface area (Å²) in [5.41, 5.74) is 0.354. The molecule has 0 aliphatic carbocycles. The first kappa shape index (κ1) is 11.2. The summed E-state index contributed by atoms with van der Waals surface area (Å²) in [7, 11) is 0. The van der Waals surface area contributed by atoms with E-state index in [2.05, 4.69) is 15.3 Å². The predicted octanol–water partition coefficient (Wildman–Crippen LogP) is 1.49. The van der Waals surface area contributed by atoms with Gasteiger partial charge in [0.25, 0.3) is 5.91 Å². The minimum atomic E-state index is -1.12. The minimum absolute atomic E-state index is 0.0833. The number of carbonyl (C=O) groups excluding carboxylic acids is 1. The molecule has 1 amide bonds. The third-order valence-electron chi connectivity index (χ3n) is 1.89. The molecule has 0 aliphatic heterocycles. The van der Waals surface area contributed by atoms with E-state index in [4.69, 9.17) is 5.11 Å². The molecule has 17 heavy (non-hydrogen) atoms. The van der Waals surface area contributed by atoms with Crippen LogP contribution in [0.2, 0.25) is 0 Å². The van der Waals surface area contributed by atoms with Gasteiger partial charge in [0.15, 0.2) is 10.8 Å². The normalized spacial score (nSPS) is 9.88. The number of carboxylic acids is 1. The van der Waals surface area contributed by atoms with Crippen molar-refractivity contribution in [3.8, 4) is 0 Å². The second kappa shape index (κ2) is 4.71. The lowest BCUT2D eigenvalue weighted by molar-refractivity contribution is 0.0691. The second-order valence-corrected chi connectivity index (χ2v) is 3.89. The molecule has 2 N–H and O–H groups in total. The summed E-state index contributed by atoms with van der Waals surface area (Å²) in [6.45, 7) is 0. The van der Waals surface area contributed by atoms with E-state index in [1.54, 1.807) is 12.1 Å². The number of aromatic nitrogens is 2. The lowest BCUT2D eigenvalue weighted by atomic mass is 10.2. The van der Waals surface area contributed by atoms with Crippen molar-refractivity contribution in [2.45, 2.75) is 0 Å². The maximum absolute atomic E-state index is 11.7. The topological polar surface area (TPSA) is 92.2 Å². The molecule has 2 aromatic rings. The zero-order valence-electron chi connectivity index (χ0n) is 8.45. The van der Waals surface area contributed by atoms with Crippen LogP contribution in [-0.2, 0) is 0 Å². The molecule has 0 aromatic carbocycles. The highest BCUT2D eigenvalue weighted by Gasteiger charge is 2.11. The molecule has 86 valence electrons. The smallest absolute Gasteiger partial charge is 0.355 e. The van der Waals surface area contributed by atoms with Crippen molar-refractivity contribution in [1.82, 2.24) is 9.97 Å². The Hall–Kier alpha value is -2.28. The van der Waals surface area contributed by atoms with Gasteiger partial charge in [-0.3, -0.25) is 15.1 Å². The van der Waals surface area contributed by atoms with Crippen LogP contribution < -0.4 is 5.32 Å². The van der Waals surface area contributed by atoms with Crippen molar-refractivity contribution in [2.24, 2.45) is 0 Å². The number of pyridine rings is 1. The van der Waals surface area contributed by atoms with Crippen molar-refractivity contribution in [1.29, 1.82) is 0 Å². The number of anilines is 1.